The Hall–Kier alpha value is -1.35. The van der Waals surface area contributed by atoms with Crippen LogP contribution < -0.4 is 15.5 Å². The summed E-state index contributed by atoms with van der Waals surface area (Å²) >= 11 is 1.73. The number of hydrogen-bond donors (Lipinski definition) is 2. The first-order valence-corrected chi connectivity index (χ1v) is 10.7. The van der Waals surface area contributed by atoms with E-state index in [9.17, 15) is 0 Å². The topological polar surface area (TPSA) is 52.6 Å². The van der Waals surface area contributed by atoms with Gasteiger partial charge >= 0.3 is 0 Å². The molecular weight excluding hydrogens is 481 g/mol. The van der Waals surface area contributed by atoms with E-state index in [-0.39, 0.29) is 24.0 Å². The SMILES string of the molecule is CCNC(=NCc1csc(C(C)C)n1)NC1CCN(c2ccc(C)cc2)C1.I. The first kappa shape index (κ1) is 22.9. The van der Waals surface area contributed by atoms with E-state index in [4.69, 9.17) is 4.99 Å². The van der Waals surface area contributed by atoms with Gasteiger partial charge in [-0.15, -0.1) is 35.3 Å². The number of hydrogen-bond acceptors (Lipinski definition) is 4. The molecule has 1 aromatic heterocycles. The molecule has 154 valence electrons. The van der Waals surface area contributed by atoms with Crippen molar-refractivity contribution < 1.29 is 0 Å². The lowest BCUT2D eigenvalue weighted by atomic mass is 10.2. The van der Waals surface area contributed by atoms with E-state index in [1.54, 1.807) is 11.3 Å². The maximum absolute atomic E-state index is 4.75. The zero-order valence-electron chi connectivity index (χ0n) is 17.2. The molecule has 0 spiro atoms. The molecule has 0 aliphatic carbocycles. The fourth-order valence-electron chi connectivity index (χ4n) is 3.20. The number of aryl methyl sites for hydroxylation is 1. The summed E-state index contributed by atoms with van der Waals surface area (Å²) in [4.78, 5) is 11.9. The molecule has 0 amide bonds. The van der Waals surface area contributed by atoms with Crippen molar-refractivity contribution in [1.29, 1.82) is 0 Å². The summed E-state index contributed by atoms with van der Waals surface area (Å²) in [5, 5.41) is 10.3. The zero-order chi connectivity index (χ0) is 19.2. The molecule has 5 nitrogen and oxygen atoms in total. The number of halogens is 1. The Morgan fingerprint density at radius 1 is 1.32 bits per heavy atom. The van der Waals surface area contributed by atoms with Gasteiger partial charge in [-0.25, -0.2) is 9.98 Å². The molecule has 1 aromatic carbocycles. The van der Waals surface area contributed by atoms with Gasteiger partial charge in [0.2, 0.25) is 0 Å². The number of anilines is 1. The molecule has 0 saturated carbocycles. The predicted octanol–water partition coefficient (Wildman–Crippen LogP) is 4.53. The van der Waals surface area contributed by atoms with Gasteiger partial charge in [-0.3, -0.25) is 0 Å². The fraction of sp³-hybridized carbons (Fsp3) is 0.524. The molecule has 3 rings (SSSR count). The van der Waals surface area contributed by atoms with Crippen LogP contribution >= 0.6 is 35.3 Å². The predicted molar refractivity (Wildman–Crippen MR) is 131 cm³/mol. The highest BCUT2D eigenvalue weighted by atomic mass is 127. The summed E-state index contributed by atoms with van der Waals surface area (Å²) in [5.41, 5.74) is 3.65. The molecule has 0 bridgehead atoms. The van der Waals surface area contributed by atoms with Crippen LogP contribution in [0, 0.1) is 6.92 Å². The largest absolute Gasteiger partial charge is 0.369 e. The van der Waals surface area contributed by atoms with Crippen LogP contribution in [0.2, 0.25) is 0 Å². The zero-order valence-corrected chi connectivity index (χ0v) is 20.4. The Morgan fingerprint density at radius 2 is 2.07 bits per heavy atom. The monoisotopic (exact) mass is 513 g/mol. The van der Waals surface area contributed by atoms with Crippen molar-refractivity contribution in [3.05, 3.63) is 45.9 Å². The molecule has 1 fully saturated rings. The van der Waals surface area contributed by atoms with Crippen molar-refractivity contribution in [2.45, 2.75) is 52.6 Å². The van der Waals surface area contributed by atoms with Crippen LogP contribution in [-0.2, 0) is 6.54 Å². The molecule has 1 aliphatic rings. The van der Waals surface area contributed by atoms with E-state index in [0.717, 1.165) is 37.7 Å². The van der Waals surface area contributed by atoms with Crippen LogP contribution in [0.15, 0.2) is 34.6 Å². The van der Waals surface area contributed by atoms with Crippen molar-refractivity contribution in [2.24, 2.45) is 4.99 Å². The average Bonchev–Trinajstić information content (AvgIpc) is 3.30. The number of thiazole rings is 1. The minimum absolute atomic E-state index is 0. The average molecular weight is 513 g/mol. The number of rotatable bonds is 6. The lowest BCUT2D eigenvalue weighted by Crippen LogP contribution is -2.44. The second-order valence-electron chi connectivity index (χ2n) is 7.44. The van der Waals surface area contributed by atoms with Gasteiger partial charge < -0.3 is 15.5 Å². The van der Waals surface area contributed by atoms with E-state index in [1.165, 1.54) is 16.3 Å². The van der Waals surface area contributed by atoms with Crippen molar-refractivity contribution in [3.63, 3.8) is 0 Å². The number of aliphatic imine (C=N–C) groups is 1. The summed E-state index contributed by atoms with van der Waals surface area (Å²) < 4.78 is 0. The Kier molecular flexibility index (Phi) is 9.01. The maximum Gasteiger partial charge on any atom is 0.191 e. The van der Waals surface area contributed by atoms with Gasteiger partial charge in [0.15, 0.2) is 5.96 Å². The third-order valence-electron chi connectivity index (χ3n) is 4.74. The van der Waals surface area contributed by atoms with Crippen LogP contribution in [0.25, 0.3) is 0 Å². The van der Waals surface area contributed by atoms with Crippen LogP contribution in [0.4, 0.5) is 5.69 Å². The third-order valence-corrected chi connectivity index (χ3v) is 5.93. The Labute approximate surface area is 190 Å². The Bertz CT molecular complexity index is 756. The van der Waals surface area contributed by atoms with Crippen molar-refractivity contribution in [2.75, 3.05) is 24.5 Å². The number of aromatic nitrogens is 1. The molecular formula is C21H32IN5S. The summed E-state index contributed by atoms with van der Waals surface area (Å²) in [6.45, 7) is 12.1. The number of nitrogens with one attached hydrogen (secondary N) is 2. The first-order valence-electron chi connectivity index (χ1n) is 9.86. The van der Waals surface area contributed by atoms with E-state index in [2.05, 4.69) is 77.9 Å². The molecule has 28 heavy (non-hydrogen) atoms. The minimum Gasteiger partial charge on any atom is -0.369 e. The number of guanidine groups is 1. The Balaban J connectivity index is 0.00000280. The van der Waals surface area contributed by atoms with Crippen molar-refractivity contribution >= 4 is 47.0 Å². The minimum atomic E-state index is 0. The summed E-state index contributed by atoms with van der Waals surface area (Å²) in [6.07, 6.45) is 1.12. The Morgan fingerprint density at radius 3 is 2.71 bits per heavy atom. The van der Waals surface area contributed by atoms with Gasteiger partial charge in [0.25, 0.3) is 0 Å². The van der Waals surface area contributed by atoms with Crippen LogP contribution in [-0.4, -0.2) is 36.6 Å². The van der Waals surface area contributed by atoms with E-state index >= 15 is 0 Å². The van der Waals surface area contributed by atoms with Gasteiger partial charge in [-0.1, -0.05) is 31.5 Å². The van der Waals surface area contributed by atoms with Gasteiger partial charge in [0, 0.05) is 42.7 Å². The fourth-order valence-corrected chi connectivity index (χ4v) is 4.03. The number of benzene rings is 1. The lowest BCUT2D eigenvalue weighted by molar-refractivity contribution is 0.648. The van der Waals surface area contributed by atoms with Crippen molar-refractivity contribution in [1.82, 2.24) is 15.6 Å². The summed E-state index contributed by atoms with van der Waals surface area (Å²) in [5.74, 6) is 1.36. The normalized spacial score (nSPS) is 17.0. The molecule has 1 saturated heterocycles. The highest BCUT2D eigenvalue weighted by Gasteiger charge is 2.23. The quantitative estimate of drug-likeness (QED) is 0.339. The molecule has 2 aromatic rings. The van der Waals surface area contributed by atoms with Gasteiger partial charge in [-0.2, -0.15) is 0 Å². The highest BCUT2D eigenvalue weighted by molar-refractivity contribution is 14.0. The highest BCUT2D eigenvalue weighted by Crippen LogP contribution is 2.21. The lowest BCUT2D eigenvalue weighted by Gasteiger charge is -2.20. The molecule has 7 heteroatoms. The summed E-state index contributed by atoms with van der Waals surface area (Å²) in [7, 11) is 0. The van der Waals surface area contributed by atoms with E-state index in [1.807, 2.05) is 0 Å². The van der Waals surface area contributed by atoms with Crippen LogP contribution in [0.1, 0.15) is 49.4 Å². The second-order valence-corrected chi connectivity index (χ2v) is 8.33. The molecule has 2 N–H and O–H groups in total. The van der Waals surface area contributed by atoms with Crippen LogP contribution in [0.3, 0.4) is 0 Å². The van der Waals surface area contributed by atoms with Crippen molar-refractivity contribution in [3.8, 4) is 0 Å². The molecule has 1 unspecified atom stereocenters. The first-order chi connectivity index (χ1) is 13.0. The molecule has 1 aliphatic heterocycles. The summed E-state index contributed by atoms with van der Waals surface area (Å²) in [6, 6.07) is 9.20. The van der Waals surface area contributed by atoms with E-state index in [0.29, 0.717) is 18.5 Å². The van der Waals surface area contributed by atoms with Gasteiger partial charge in [-0.05, 0) is 32.4 Å². The standard InChI is InChI=1S/C21H31N5S.HI/c1-5-22-21(23-12-18-14-27-20(24-18)15(2)3)25-17-10-11-26(13-17)19-8-6-16(4)7-9-19;/h6-9,14-15,17H,5,10-13H2,1-4H3,(H2,22,23,25);1H. The molecule has 2 heterocycles. The maximum atomic E-state index is 4.75. The number of nitrogens with zero attached hydrogens (tertiary/aromatic N) is 3. The van der Waals surface area contributed by atoms with E-state index < -0.39 is 0 Å². The second kappa shape index (κ2) is 11.0. The molecule has 0 radical (unpaired) electrons. The van der Waals surface area contributed by atoms with Gasteiger partial charge in [0.05, 0.1) is 17.2 Å². The van der Waals surface area contributed by atoms with Crippen LogP contribution in [0.5, 0.6) is 0 Å². The molecule has 1 atom stereocenters. The smallest absolute Gasteiger partial charge is 0.191 e. The van der Waals surface area contributed by atoms with Gasteiger partial charge in [0.1, 0.15) is 0 Å². The third kappa shape index (κ3) is 6.34.